The second-order valence-electron chi connectivity index (χ2n) is 8.64. The largest absolute Gasteiger partial charge is 0.326 e. The van der Waals surface area contributed by atoms with E-state index >= 15 is 0 Å². The Kier molecular flexibility index (Phi) is 4.30. The van der Waals surface area contributed by atoms with Crippen LogP contribution in [0.15, 0.2) is 28.7 Å². The van der Waals surface area contributed by atoms with Crippen molar-refractivity contribution >= 4 is 33.3 Å². The Bertz CT molecular complexity index is 692. The minimum absolute atomic E-state index is 0.0564. The Balaban J connectivity index is 1.58. The summed E-state index contributed by atoms with van der Waals surface area (Å²) in [6, 6.07) is 7.68. The van der Waals surface area contributed by atoms with Gasteiger partial charge in [-0.15, -0.1) is 0 Å². The van der Waals surface area contributed by atoms with Crippen LogP contribution >= 0.6 is 15.9 Å². The van der Waals surface area contributed by atoms with Gasteiger partial charge in [-0.05, 0) is 73.1 Å². The van der Waals surface area contributed by atoms with Crippen LogP contribution in [0.2, 0.25) is 0 Å². The zero-order valence-electron chi connectivity index (χ0n) is 14.9. The summed E-state index contributed by atoms with van der Waals surface area (Å²) in [6.07, 6.45) is 5.30. The van der Waals surface area contributed by atoms with Crippen molar-refractivity contribution in [2.45, 2.75) is 46.0 Å². The first kappa shape index (κ1) is 17.3. The molecule has 3 fully saturated rings. The summed E-state index contributed by atoms with van der Waals surface area (Å²) in [5.74, 6) is 1.41. The van der Waals surface area contributed by atoms with Gasteiger partial charge in [-0.2, -0.15) is 0 Å². The topological polar surface area (TPSA) is 46.2 Å². The van der Waals surface area contributed by atoms with Crippen molar-refractivity contribution in [3.8, 4) is 0 Å². The van der Waals surface area contributed by atoms with Gasteiger partial charge in [-0.1, -0.05) is 29.8 Å². The molecule has 25 heavy (non-hydrogen) atoms. The highest BCUT2D eigenvalue weighted by molar-refractivity contribution is 9.10. The molecule has 0 heterocycles. The fourth-order valence-electron chi connectivity index (χ4n) is 5.74. The van der Waals surface area contributed by atoms with Gasteiger partial charge in [0.2, 0.25) is 5.91 Å². The van der Waals surface area contributed by atoms with Crippen LogP contribution in [0.25, 0.3) is 0 Å². The molecule has 3 aliphatic carbocycles. The lowest BCUT2D eigenvalue weighted by atomic mass is 9.75. The normalized spacial score (nSPS) is 31.5. The standard InChI is InChI=1S/C21H26BrNO2/c1-12(2)11-17(24)18-15-7-8-16(21(15)9-10-21)19(18)20(25)23-14-5-3-13(22)4-6-14/h3-6,12,15-16,18-19H,7-11H2,1-2H3,(H,23,25). The third-order valence-corrected chi connectivity index (χ3v) is 7.27. The molecule has 1 aromatic rings. The summed E-state index contributed by atoms with van der Waals surface area (Å²) in [5.41, 5.74) is 1.13. The van der Waals surface area contributed by atoms with E-state index in [1.807, 2.05) is 24.3 Å². The first-order valence-electron chi connectivity index (χ1n) is 9.51. The lowest BCUT2D eigenvalue weighted by Crippen LogP contribution is -2.38. The third kappa shape index (κ3) is 2.87. The van der Waals surface area contributed by atoms with Crippen LogP contribution in [-0.4, -0.2) is 11.7 Å². The molecule has 3 aliphatic rings. The number of benzene rings is 1. The number of ketones is 1. The Morgan fingerprint density at radius 3 is 2.28 bits per heavy atom. The Morgan fingerprint density at radius 1 is 1.12 bits per heavy atom. The number of carbonyl (C=O) groups is 2. The van der Waals surface area contributed by atoms with E-state index in [2.05, 4.69) is 35.1 Å². The first-order chi connectivity index (χ1) is 11.9. The maximum atomic E-state index is 13.1. The molecule has 1 N–H and O–H groups in total. The van der Waals surface area contributed by atoms with E-state index < -0.39 is 0 Å². The number of amides is 1. The molecule has 1 spiro atoms. The molecule has 4 heteroatoms. The van der Waals surface area contributed by atoms with E-state index in [1.54, 1.807) is 0 Å². The second kappa shape index (κ2) is 6.22. The van der Waals surface area contributed by atoms with Crippen LogP contribution in [0, 0.1) is 35.0 Å². The average molecular weight is 404 g/mol. The van der Waals surface area contributed by atoms with Crippen molar-refractivity contribution in [2.24, 2.45) is 35.0 Å². The lowest BCUT2D eigenvalue weighted by molar-refractivity contribution is -0.133. The third-order valence-electron chi connectivity index (χ3n) is 6.74. The molecule has 0 aromatic heterocycles. The van der Waals surface area contributed by atoms with Crippen LogP contribution in [0.3, 0.4) is 0 Å². The molecule has 1 aromatic carbocycles. The Labute approximate surface area is 158 Å². The number of carbonyl (C=O) groups excluding carboxylic acids is 2. The number of nitrogens with one attached hydrogen (secondary N) is 1. The molecule has 0 radical (unpaired) electrons. The molecule has 0 saturated heterocycles. The van der Waals surface area contributed by atoms with Crippen molar-refractivity contribution in [2.75, 3.05) is 5.32 Å². The van der Waals surface area contributed by atoms with E-state index in [4.69, 9.17) is 0 Å². The molecule has 0 aliphatic heterocycles. The number of hydrogen-bond acceptors (Lipinski definition) is 2. The number of rotatable bonds is 5. The maximum Gasteiger partial charge on any atom is 0.228 e. The predicted octanol–water partition coefficient (Wildman–Crippen LogP) is 5.06. The molecule has 3 saturated carbocycles. The van der Waals surface area contributed by atoms with Gasteiger partial charge in [-0.25, -0.2) is 0 Å². The van der Waals surface area contributed by atoms with Crippen LogP contribution in [-0.2, 0) is 9.59 Å². The highest BCUT2D eigenvalue weighted by Crippen LogP contribution is 2.74. The van der Waals surface area contributed by atoms with Gasteiger partial charge < -0.3 is 5.32 Å². The van der Waals surface area contributed by atoms with Gasteiger partial charge in [0, 0.05) is 22.5 Å². The summed E-state index contributed by atoms with van der Waals surface area (Å²) < 4.78 is 0.993. The Hall–Kier alpha value is -1.16. The number of halogens is 1. The van der Waals surface area contributed by atoms with E-state index in [-0.39, 0.29) is 17.7 Å². The zero-order valence-corrected chi connectivity index (χ0v) is 16.5. The van der Waals surface area contributed by atoms with Gasteiger partial charge in [-0.3, -0.25) is 9.59 Å². The number of anilines is 1. The molecule has 3 nitrogen and oxygen atoms in total. The number of Topliss-reactive ketones (excluding diaryl/α,β-unsaturated/α-hetero) is 1. The average Bonchev–Trinajstić information content (AvgIpc) is 3.22. The van der Waals surface area contributed by atoms with Gasteiger partial charge >= 0.3 is 0 Å². The fraction of sp³-hybridized carbons (Fsp3) is 0.619. The van der Waals surface area contributed by atoms with Gasteiger partial charge in [0.1, 0.15) is 5.78 Å². The van der Waals surface area contributed by atoms with Gasteiger partial charge in [0.25, 0.3) is 0 Å². The fourth-order valence-corrected chi connectivity index (χ4v) is 6.00. The van der Waals surface area contributed by atoms with E-state index in [0.29, 0.717) is 35.4 Å². The quantitative estimate of drug-likeness (QED) is 0.746. The number of hydrogen-bond donors (Lipinski definition) is 1. The Morgan fingerprint density at radius 2 is 1.72 bits per heavy atom. The van der Waals surface area contributed by atoms with Crippen LogP contribution in [0.1, 0.15) is 46.0 Å². The monoisotopic (exact) mass is 403 g/mol. The van der Waals surface area contributed by atoms with E-state index in [1.165, 1.54) is 12.8 Å². The lowest BCUT2D eigenvalue weighted by Gasteiger charge is -2.29. The molecule has 1 amide bonds. The minimum atomic E-state index is -0.129. The summed E-state index contributed by atoms with van der Waals surface area (Å²) >= 11 is 3.42. The predicted molar refractivity (Wildman–Crippen MR) is 102 cm³/mol. The summed E-state index contributed by atoms with van der Waals surface area (Å²) in [4.78, 5) is 26.1. The van der Waals surface area contributed by atoms with Crippen molar-refractivity contribution in [1.82, 2.24) is 0 Å². The molecule has 134 valence electrons. The van der Waals surface area contributed by atoms with Crippen molar-refractivity contribution in [1.29, 1.82) is 0 Å². The highest BCUT2D eigenvalue weighted by atomic mass is 79.9. The zero-order chi connectivity index (χ0) is 17.8. The molecule has 4 rings (SSSR count). The molecular formula is C21H26BrNO2. The van der Waals surface area contributed by atoms with Crippen molar-refractivity contribution < 1.29 is 9.59 Å². The highest BCUT2D eigenvalue weighted by Gasteiger charge is 2.71. The van der Waals surface area contributed by atoms with Gasteiger partial charge in [0.15, 0.2) is 0 Å². The second-order valence-corrected chi connectivity index (χ2v) is 9.55. The first-order valence-corrected chi connectivity index (χ1v) is 10.3. The summed E-state index contributed by atoms with van der Waals surface area (Å²) in [6.45, 7) is 4.18. The van der Waals surface area contributed by atoms with Crippen LogP contribution < -0.4 is 5.32 Å². The van der Waals surface area contributed by atoms with Crippen molar-refractivity contribution in [3.05, 3.63) is 28.7 Å². The minimum Gasteiger partial charge on any atom is -0.326 e. The SMILES string of the molecule is CC(C)CC(=O)C1C(C(=O)Nc2ccc(Br)cc2)C2CCC1C21CC1. The smallest absolute Gasteiger partial charge is 0.228 e. The molecular weight excluding hydrogens is 378 g/mol. The van der Waals surface area contributed by atoms with Crippen LogP contribution in [0.5, 0.6) is 0 Å². The molecule has 2 bridgehead atoms. The summed E-state index contributed by atoms with van der Waals surface area (Å²) in [7, 11) is 0. The van der Waals surface area contributed by atoms with Crippen LogP contribution in [0.4, 0.5) is 5.69 Å². The van der Waals surface area contributed by atoms with Gasteiger partial charge in [0.05, 0.1) is 5.92 Å². The van der Waals surface area contributed by atoms with E-state index in [9.17, 15) is 9.59 Å². The van der Waals surface area contributed by atoms with E-state index in [0.717, 1.165) is 23.0 Å². The summed E-state index contributed by atoms with van der Waals surface area (Å²) in [5, 5.41) is 3.09. The molecule has 4 atom stereocenters. The maximum absolute atomic E-state index is 13.1. The van der Waals surface area contributed by atoms with Crippen molar-refractivity contribution in [3.63, 3.8) is 0 Å². The molecule has 4 unspecified atom stereocenters.